The van der Waals surface area contributed by atoms with Gasteiger partial charge in [-0.3, -0.25) is 0 Å². The molecule has 14 heavy (non-hydrogen) atoms. The molecule has 0 spiro atoms. The Morgan fingerprint density at radius 1 is 1.57 bits per heavy atom. The number of carbonyl (C=O) groups is 1. The number of benzene rings is 1. The molecule has 0 bridgehead atoms. The minimum absolute atomic E-state index is 0.215. The summed E-state index contributed by atoms with van der Waals surface area (Å²) < 4.78 is 0. The van der Waals surface area contributed by atoms with E-state index < -0.39 is 0 Å². The molecule has 0 saturated carbocycles. The van der Waals surface area contributed by atoms with Crippen LogP contribution in [-0.2, 0) is 6.54 Å². The van der Waals surface area contributed by atoms with Gasteiger partial charge in [0.25, 0.3) is 0 Å². The first-order valence-electron chi connectivity index (χ1n) is 4.29. The average Bonchev–Trinajstić information content (AvgIpc) is 2.15. The highest BCUT2D eigenvalue weighted by Crippen LogP contribution is 2.09. The van der Waals surface area contributed by atoms with E-state index >= 15 is 0 Å². The molecule has 0 aliphatic heterocycles. The number of rotatable bonds is 3. The Balaban J connectivity index is 2.41. The Morgan fingerprint density at radius 2 is 2.36 bits per heavy atom. The second-order valence-corrected chi connectivity index (χ2v) is 3.18. The zero-order valence-corrected chi connectivity index (χ0v) is 8.64. The quantitative estimate of drug-likeness (QED) is 0.792. The molecule has 0 saturated heterocycles. The first kappa shape index (κ1) is 10.9. The Hall–Kier alpha value is -1.22. The minimum atomic E-state index is -0.215. The minimum Gasteiger partial charge on any atom is -0.334 e. The number of halogens is 1. The van der Waals surface area contributed by atoms with E-state index in [1.807, 2.05) is 18.2 Å². The molecule has 0 fully saturated rings. The predicted molar refractivity (Wildman–Crippen MR) is 56.8 cm³/mol. The van der Waals surface area contributed by atoms with Crippen molar-refractivity contribution in [3.05, 3.63) is 41.4 Å². The van der Waals surface area contributed by atoms with Crippen molar-refractivity contribution in [2.45, 2.75) is 13.5 Å². The van der Waals surface area contributed by atoms with Gasteiger partial charge in [-0.2, -0.15) is 0 Å². The van der Waals surface area contributed by atoms with Gasteiger partial charge in [-0.15, -0.1) is 0 Å². The summed E-state index contributed by atoms with van der Waals surface area (Å²) in [7, 11) is 0. The second kappa shape index (κ2) is 5.50. The Bertz CT molecular complexity index is 315. The first-order chi connectivity index (χ1) is 6.72. The smallest absolute Gasteiger partial charge is 0.315 e. The van der Waals surface area contributed by atoms with Gasteiger partial charge in [0.15, 0.2) is 0 Å². The Morgan fingerprint density at radius 3 is 3.00 bits per heavy atom. The number of urea groups is 1. The summed E-state index contributed by atoms with van der Waals surface area (Å²) in [6.07, 6.45) is 0. The second-order valence-electron chi connectivity index (χ2n) is 2.75. The van der Waals surface area contributed by atoms with E-state index in [0.29, 0.717) is 11.6 Å². The Labute approximate surface area is 88.5 Å². The van der Waals surface area contributed by atoms with Crippen molar-refractivity contribution in [3.8, 4) is 0 Å². The summed E-state index contributed by atoms with van der Waals surface area (Å²) in [5.41, 5.74) is 0.976. The van der Waals surface area contributed by atoms with Crippen LogP contribution in [-0.4, -0.2) is 6.03 Å². The fourth-order valence-corrected chi connectivity index (χ4v) is 1.22. The van der Waals surface area contributed by atoms with Gasteiger partial charge in [0.05, 0.1) is 0 Å². The lowest BCUT2D eigenvalue weighted by Crippen LogP contribution is -2.32. The number of hydrogen-bond donors (Lipinski definition) is 2. The third-order valence-electron chi connectivity index (χ3n) is 1.62. The molecule has 1 aromatic rings. The number of carbonyl (C=O) groups excluding carboxylic acids is 1. The monoisotopic (exact) mass is 211 g/mol. The van der Waals surface area contributed by atoms with Gasteiger partial charge in [-0.25, -0.2) is 4.79 Å². The van der Waals surface area contributed by atoms with Gasteiger partial charge < -0.3 is 10.6 Å². The molecule has 0 atom stereocenters. The van der Waals surface area contributed by atoms with E-state index in [1.54, 1.807) is 19.5 Å². The van der Waals surface area contributed by atoms with Gasteiger partial charge >= 0.3 is 6.03 Å². The zero-order chi connectivity index (χ0) is 10.4. The molecule has 1 rings (SSSR count). The van der Waals surface area contributed by atoms with Crippen LogP contribution in [0.4, 0.5) is 4.79 Å². The predicted octanol–water partition coefficient (Wildman–Crippen LogP) is 2.32. The number of nitrogens with one attached hydrogen (secondary N) is 2. The molecular formula is C10H12ClN2O. The van der Waals surface area contributed by atoms with Crippen molar-refractivity contribution in [1.29, 1.82) is 0 Å². The van der Waals surface area contributed by atoms with Crippen molar-refractivity contribution >= 4 is 17.6 Å². The van der Waals surface area contributed by atoms with E-state index in [-0.39, 0.29) is 6.03 Å². The van der Waals surface area contributed by atoms with E-state index in [0.717, 1.165) is 5.56 Å². The van der Waals surface area contributed by atoms with Gasteiger partial charge in [0.1, 0.15) is 0 Å². The summed E-state index contributed by atoms with van der Waals surface area (Å²) in [4.78, 5) is 11.0. The lowest BCUT2D eigenvalue weighted by atomic mass is 10.2. The third-order valence-corrected chi connectivity index (χ3v) is 1.85. The maximum atomic E-state index is 11.0. The summed E-state index contributed by atoms with van der Waals surface area (Å²) in [5.74, 6) is 0. The van der Waals surface area contributed by atoms with Crippen LogP contribution in [0.5, 0.6) is 0 Å². The van der Waals surface area contributed by atoms with E-state index in [9.17, 15) is 4.79 Å². The van der Waals surface area contributed by atoms with Crippen LogP contribution in [0.1, 0.15) is 12.5 Å². The SMILES string of the molecule is C[CH]NC(=O)NCc1cccc(Cl)c1. The molecule has 2 N–H and O–H groups in total. The number of amides is 2. The van der Waals surface area contributed by atoms with Crippen LogP contribution in [0.3, 0.4) is 0 Å². The fourth-order valence-electron chi connectivity index (χ4n) is 1.01. The van der Waals surface area contributed by atoms with Gasteiger partial charge in [-0.05, 0) is 24.6 Å². The molecule has 75 valence electrons. The molecule has 0 unspecified atom stereocenters. The third kappa shape index (κ3) is 3.66. The molecule has 0 heterocycles. The van der Waals surface area contributed by atoms with Crippen molar-refractivity contribution < 1.29 is 4.79 Å². The zero-order valence-electron chi connectivity index (χ0n) is 7.88. The summed E-state index contributed by atoms with van der Waals surface area (Å²) in [5, 5.41) is 5.88. The molecule has 0 aliphatic carbocycles. The van der Waals surface area contributed by atoms with E-state index in [4.69, 9.17) is 11.6 Å². The molecule has 0 aromatic heterocycles. The largest absolute Gasteiger partial charge is 0.334 e. The van der Waals surface area contributed by atoms with Crippen molar-refractivity contribution in [2.75, 3.05) is 0 Å². The normalized spacial score (nSPS) is 9.57. The molecule has 3 nitrogen and oxygen atoms in total. The summed E-state index contributed by atoms with van der Waals surface area (Å²) >= 11 is 5.79. The fraction of sp³-hybridized carbons (Fsp3) is 0.200. The number of hydrogen-bond acceptors (Lipinski definition) is 1. The lowest BCUT2D eigenvalue weighted by molar-refractivity contribution is 0.242. The molecular weight excluding hydrogens is 200 g/mol. The van der Waals surface area contributed by atoms with Gasteiger partial charge in [0.2, 0.25) is 0 Å². The van der Waals surface area contributed by atoms with Gasteiger partial charge in [-0.1, -0.05) is 23.7 Å². The standard InChI is InChI=1S/C10H12ClN2O/c1-2-12-10(14)13-7-8-4-3-5-9(11)6-8/h2-6H,7H2,1H3,(H2,12,13,14). The highest BCUT2D eigenvalue weighted by molar-refractivity contribution is 6.30. The highest BCUT2D eigenvalue weighted by atomic mass is 35.5. The first-order valence-corrected chi connectivity index (χ1v) is 4.67. The molecule has 1 aromatic carbocycles. The Kier molecular flexibility index (Phi) is 4.26. The van der Waals surface area contributed by atoms with E-state index in [2.05, 4.69) is 10.6 Å². The van der Waals surface area contributed by atoms with Crippen LogP contribution >= 0.6 is 11.6 Å². The molecule has 4 heteroatoms. The van der Waals surface area contributed by atoms with Crippen molar-refractivity contribution in [1.82, 2.24) is 10.6 Å². The van der Waals surface area contributed by atoms with Crippen molar-refractivity contribution in [3.63, 3.8) is 0 Å². The van der Waals surface area contributed by atoms with E-state index in [1.165, 1.54) is 0 Å². The van der Waals surface area contributed by atoms with Crippen LogP contribution in [0.25, 0.3) is 0 Å². The maximum Gasteiger partial charge on any atom is 0.315 e. The molecule has 2 amide bonds. The van der Waals surface area contributed by atoms with Crippen molar-refractivity contribution in [2.24, 2.45) is 0 Å². The van der Waals surface area contributed by atoms with Crippen LogP contribution in [0.2, 0.25) is 5.02 Å². The van der Waals surface area contributed by atoms with Crippen LogP contribution < -0.4 is 10.6 Å². The molecule has 0 aliphatic rings. The van der Waals surface area contributed by atoms with Crippen LogP contribution in [0.15, 0.2) is 24.3 Å². The summed E-state index contributed by atoms with van der Waals surface area (Å²) in [6.45, 7) is 3.80. The van der Waals surface area contributed by atoms with Crippen LogP contribution in [0, 0.1) is 6.54 Å². The summed E-state index contributed by atoms with van der Waals surface area (Å²) in [6, 6.07) is 7.15. The average molecular weight is 212 g/mol. The van der Waals surface area contributed by atoms with Gasteiger partial charge in [0, 0.05) is 18.1 Å². The lowest BCUT2D eigenvalue weighted by Gasteiger charge is -2.05. The molecule has 1 radical (unpaired) electrons. The highest BCUT2D eigenvalue weighted by Gasteiger charge is 1.98. The maximum absolute atomic E-state index is 11.0. The topological polar surface area (TPSA) is 41.1 Å².